The molecule has 0 aliphatic rings. The van der Waals surface area contributed by atoms with Gasteiger partial charge in [-0.05, 0) is 0 Å². The van der Waals surface area contributed by atoms with Crippen molar-refractivity contribution in [2.75, 3.05) is 19.0 Å². The summed E-state index contributed by atoms with van der Waals surface area (Å²) in [7, 11) is -4.17. The van der Waals surface area contributed by atoms with E-state index < -0.39 is 36.8 Å². The summed E-state index contributed by atoms with van der Waals surface area (Å²) in [4.78, 5) is 0. The van der Waals surface area contributed by atoms with Gasteiger partial charge in [-0.2, -0.15) is 0 Å². The first-order valence-electron chi connectivity index (χ1n) is 7.83. The molecule has 0 aromatic heterocycles. The minimum Gasteiger partial charge on any atom is 1.00 e. The SMILES string of the molecule is [CH2-]CCOc1ccc([Te]c2ccc(OCCCS(=O)(=O)[O-])cc2)cc1.[Na+].[Na+]. The molecule has 0 aliphatic heterocycles. The Morgan fingerprint density at radius 3 is 1.70 bits per heavy atom. The molecule has 0 fully saturated rings. The molecular formula is C18H20Na2O5STe. The molecule has 2 rings (SSSR count). The summed E-state index contributed by atoms with van der Waals surface area (Å²) in [5.74, 6) is 1.15. The Kier molecular flexibility index (Phi) is 15.1. The number of ether oxygens (including phenoxy) is 2. The number of hydrogen-bond donors (Lipinski definition) is 0. The van der Waals surface area contributed by atoms with Crippen LogP contribution in [0.3, 0.4) is 0 Å². The second kappa shape index (κ2) is 14.7. The van der Waals surface area contributed by atoms with Crippen LogP contribution < -0.4 is 75.8 Å². The molecule has 2 aromatic rings. The van der Waals surface area contributed by atoms with Gasteiger partial charge in [0.15, 0.2) is 0 Å². The molecule has 0 saturated carbocycles. The van der Waals surface area contributed by atoms with E-state index in [2.05, 4.69) is 19.1 Å². The Hall–Kier alpha value is 0.740. The zero-order valence-electron chi connectivity index (χ0n) is 15.7. The Labute approximate surface area is 216 Å². The fraction of sp³-hybridized carbons (Fsp3) is 0.278. The molecule has 0 heterocycles. The second-order valence-corrected chi connectivity index (χ2v) is 10.0. The van der Waals surface area contributed by atoms with Crippen molar-refractivity contribution in [3.63, 3.8) is 0 Å². The number of benzene rings is 2. The molecule has 0 amide bonds. The van der Waals surface area contributed by atoms with Crippen LogP contribution >= 0.6 is 0 Å². The van der Waals surface area contributed by atoms with Gasteiger partial charge in [-0.1, -0.05) is 0 Å². The zero-order chi connectivity index (χ0) is 18.1. The molecular weight excluding hydrogens is 502 g/mol. The van der Waals surface area contributed by atoms with Crippen LogP contribution in [0.2, 0.25) is 0 Å². The van der Waals surface area contributed by atoms with E-state index in [0.29, 0.717) is 12.4 Å². The molecule has 9 heteroatoms. The van der Waals surface area contributed by atoms with Crippen LogP contribution in [0.25, 0.3) is 0 Å². The molecule has 0 aliphatic carbocycles. The predicted molar refractivity (Wildman–Crippen MR) is 98.1 cm³/mol. The summed E-state index contributed by atoms with van der Waals surface area (Å²) < 4.78 is 45.1. The normalized spacial score (nSPS) is 10.4. The topological polar surface area (TPSA) is 75.7 Å². The van der Waals surface area contributed by atoms with Crippen molar-refractivity contribution >= 4 is 38.3 Å². The first-order chi connectivity index (χ1) is 12.0. The Bertz CT molecular complexity index is 752. The van der Waals surface area contributed by atoms with E-state index in [1.165, 1.54) is 7.22 Å². The van der Waals surface area contributed by atoms with Crippen molar-refractivity contribution < 1.29 is 81.6 Å². The van der Waals surface area contributed by atoms with Gasteiger partial charge in [-0.15, -0.1) is 0 Å². The van der Waals surface area contributed by atoms with Crippen molar-refractivity contribution in [2.45, 2.75) is 12.8 Å². The van der Waals surface area contributed by atoms with Gasteiger partial charge in [0.2, 0.25) is 0 Å². The number of hydrogen-bond acceptors (Lipinski definition) is 5. The summed E-state index contributed by atoms with van der Waals surface area (Å²) in [6.45, 7) is 4.58. The van der Waals surface area contributed by atoms with Gasteiger partial charge in [0.25, 0.3) is 0 Å². The fourth-order valence-corrected chi connectivity index (χ4v) is 4.76. The molecule has 0 saturated heterocycles. The zero-order valence-corrected chi connectivity index (χ0v) is 22.9. The summed E-state index contributed by atoms with van der Waals surface area (Å²) in [6, 6.07) is 15.9. The minimum absolute atomic E-state index is 0. The van der Waals surface area contributed by atoms with E-state index in [1.54, 1.807) is 0 Å². The van der Waals surface area contributed by atoms with E-state index in [4.69, 9.17) is 9.47 Å². The van der Waals surface area contributed by atoms with Gasteiger partial charge in [0, 0.05) is 0 Å². The largest absolute Gasteiger partial charge is 1.00 e. The van der Waals surface area contributed by atoms with E-state index in [-0.39, 0.29) is 72.1 Å². The molecule has 5 nitrogen and oxygen atoms in total. The maximum atomic E-state index is 10.5. The van der Waals surface area contributed by atoms with Gasteiger partial charge in [-0.3, -0.25) is 0 Å². The van der Waals surface area contributed by atoms with Gasteiger partial charge >= 0.3 is 219 Å². The maximum Gasteiger partial charge on any atom is 1.00 e. The Balaban J connectivity index is 0.00000338. The van der Waals surface area contributed by atoms with Crippen molar-refractivity contribution in [3.05, 3.63) is 55.5 Å². The summed E-state index contributed by atoms with van der Waals surface area (Å²) in [5.41, 5.74) is 0. The Morgan fingerprint density at radius 1 is 0.852 bits per heavy atom. The van der Waals surface area contributed by atoms with Crippen LogP contribution in [-0.2, 0) is 10.1 Å². The van der Waals surface area contributed by atoms with Crippen LogP contribution in [0.15, 0.2) is 48.5 Å². The van der Waals surface area contributed by atoms with Gasteiger partial charge < -0.3 is 0 Å². The van der Waals surface area contributed by atoms with E-state index >= 15 is 0 Å². The van der Waals surface area contributed by atoms with Gasteiger partial charge in [0.05, 0.1) is 0 Å². The quantitative estimate of drug-likeness (QED) is 0.136. The molecule has 0 N–H and O–H groups in total. The number of rotatable bonds is 10. The van der Waals surface area contributed by atoms with Gasteiger partial charge in [-0.25, -0.2) is 0 Å². The third kappa shape index (κ3) is 12.1. The second-order valence-electron chi connectivity index (χ2n) is 5.21. The van der Waals surface area contributed by atoms with E-state index in [0.717, 1.165) is 12.2 Å². The first kappa shape index (κ1) is 27.7. The van der Waals surface area contributed by atoms with E-state index in [9.17, 15) is 13.0 Å². The third-order valence-corrected chi connectivity index (χ3v) is 6.79. The first-order valence-corrected chi connectivity index (χ1v) is 11.7. The smallest absolute Gasteiger partial charge is 1.00 e. The van der Waals surface area contributed by atoms with E-state index in [1.807, 2.05) is 36.4 Å². The van der Waals surface area contributed by atoms with Crippen molar-refractivity contribution in [1.29, 1.82) is 0 Å². The van der Waals surface area contributed by atoms with Crippen LogP contribution in [0.5, 0.6) is 11.5 Å². The van der Waals surface area contributed by atoms with Crippen molar-refractivity contribution in [1.82, 2.24) is 0 Å². The molecule has 27 heavy (non-hydrogen) atoms. The summed E-state index contributed by atoms with van der Waals surface area (Å²) >= 11 is -0.484. The average molecular weight is 522 g/mol. The van der Waals surface area contributed by atoms with Gasteiger partial charge in [0.1, 0.15) is 0 Å². The van der Waals surface area contributed by atoms with Crippen LogP contribution in [0.1, 0.15) is 12.8 Å². The molecule has 0 spiro atoms. The van der Waals surface area contributed by atoms with Crippen LogP contribution in [0.4, 0.5) is 0 Å². The molecule has 0 radical (unpaired) electrons. The maximum absolute atomic E-state index is 10.5. The van der Waals surface area contributed by atoms with Crippen LogP contribution in [0, 0.1) is 6.92 Å². The van der Waals surface area contributed by atoms with Crippen molar-refractivity contribution in [3.8, 4) is 11.5 Å². The standard InChI is InChI=1S/C18H21O5STe.2Na/c1-2-12-22-15-4-8-17(9-5-15)25-18-10-6-16(7-11-18)23-13-3-14-24(19,20)21;;/h4-11H,1-3,12-14H2,(H,19,20,21);;/q-1;2*+1/p-1. The van der Waals surface area contributed by atoms with Crippen molar-refractivity contribution in [2.24, 2.45) is 0 Å². The minimum atomic E-state index is -4.17. The molecule has 136 valence electrons. The predicted octanol–water partition coefficient (Wildman–Crippen LogP) is -4.73. The monoisotopic (exact) mass is 524 g/mol. The van der Waals surface area contributed by atoms with Crippen LogP contribution in [-0.4, -0.2) is 52.9 Å². The average Bonchev–Trinajstić information content (AvgIpc) is 2.59. The fourth-order valence-electron chi connectivity index (χ4n) is 1.96. The molecule has 2 aromatic carbocycles. The molecule has 0 atom stereocenters. The third-order valence-electron chi connectivity index (χ3n) is 3.10. The summed E-state index contributed by atoms with van der Waals surface area (Å²) in [5, 5.41) is 0. The Morgan fingerprint density at radius 2 is 1.30 bits per heavy atom. The summed E-state index contributed by atoms with van der Waals surface area (Å²) in [6.07, 6.45) is 0.946. The molecule has 0 bridgehead atoms. The molecule has 0 unspecified atom stereocenters.